The van der Waals surface area contributed by atoms with Crippen molar-refractivity contribution in [3.8, 4) is 34.5 Å². The van der Waals surface area contributed by atoms with Crippen LogP contribution in [-0.4, -0.2) is 33.3 Å². The van der Waals surface area contributed by atoms with Crippen LogP contribution in [0, 0.1) is 0 Å². The molecule has 1 aliphatic rings. The highest BCUT2D eigenvalue weighted by Crippen LogP contribution is 2.49. The molecule has 2 aromatic rings. The van der Waals surface area contributed by atoms with Gasteiger partial charge in [-0.25, -0.2) is 0 Å². The molecule has 0 fully saturated rings. The van der Waals surface area contributed by atoms with E-state index in [0.717, 1.165) is 6.07 Å². The van der Waals surface area contributed by atoms with Gasteiger partial charge in [0.25, 0.3) is 0 Å². The third-order valence-corrected chi connectivity index (χ3v) is 3.70. The van der Waals surface area contributed by atoms with Gasteiger partial charge in [-0.15, -0.1) is 0 Å². The molecular weight excluding hydrogens is 304 g/mol. The average Bonchev–Trinajstić information content (AvgIpc) is 2.51. The SMILES string of the molecule is COc1ccc([C@H]2CC(=O)c3c(O)cc(O)c(O)c3O2)cc1O. The lowest BCUT2D eigenvalue weighted by atomic mass is 9.95. The molecule has 0 saturated carbocycles. The summed E-state index contributed by atoms with van der Waals surface area (Å²) in [6, 6.07) is 5.41. The minimum Gasteiger partial charge on any atom is -0.507 e. The zero-order valence-electron chi connectivity index (χ0n) is 12.1. The van der Waals surface area contributed by atoms with E-state index in [2.05, 4.69) is 0 Å². The molecule has 1 aliphatic heterocycles. The second kappa shape index (κ2) is 5.28. The highest BCUT2D eigenvalue weighted by atomic mass is 16.5. The van der Waals surface area contributed by atoms with E-state index in [1.165, 1.54) is 19.2 Å². The Hall–Kier alpha value is -3.09. The first kappa shape index (κ1) is 14.8. The van der Waals surface area contributed by atoms with Crippen LogP contribution in [-0.2, 0) is 0 Å². The first-order valence-corrected chi connectivity index (χ1v) is 6.77. The Morgan fingerprint density at radius 1 is 1.09 bits per heavy atom. The third kappa shape index (κ3) is 2.36. The standard InChI is InChI=1S/C16H14O7/c1-22-12-3-2-7(4-8(12)17)13-6-10(19)14-9(18)5-11(20)15(21)16(14)23-13/h2-5,13,17-18,20-21H,6H2,1H3/t13-/m1/s1. The number of aromatic hydroxyl groups is 4. The number of Topliss-reactive ketones (excluding diaryl/α,β-unsaturated/α-hetero) is 1. The number of ether oxygens (including phenoxy) is 2. The molecule has 0 amide bonds. The van der Waals surface area contributed by atoms with Gasteiger partial charge in [0.1, 0.15) is 17.4 Å². The molecule has 3 rings (SSSR count). The number of hydrogen-bond donors (Lipinski definition) is 4. The molecule has 23 heavy (non-hydrogen) atoms. The van der Waals surface area contributed by atoms with Crippen LogP contribution >= 0.6 is 0 Å². The summed E-state index contributed by atoms with van der Waals surface area (Å²) in [7, 11) is 1.41. The summed E-state index contributed by atoms with van der Waals surface area (Å²) in [5.41, 5.74) is 0.318. The van der Waals surface area contributed by atoms with E-state index < -0.39 is 29.1 Å². The lowest BCUT2D eigenvalue weighted by Gasteiger charge is -2.27. The number of carbonyl (C=O) groups is 1. The van der Waals surface area contributed by atoms with Crippen LogP contribution in [0.2, 0.25) is 0 Å². The number of fused-ring (bicyclic) bond motifs is 1. The van der Waals surface area contributed by atoms with Gasteiger partial charge < -0.3 is 29.9 Å². The van der Waals surface area contributed by atoms with Crippen LogP contribution in [0.25, 0.3) is 0 Å². The Bertz CT molecular complexity index is 798. The highest BCUT2D eigenvalue weighted by Gasteiger charge is 2.34. The monoisotopic (exact) mass is 318 g/mol. The van der Waals surface area contributed by atoms with Crippen molar-refractivity contribution in [2.45, 2.75) is 12.5 Å². The maximum Gasteiger partial charge on any atom is 0.201 e. The normalized spacial score (nSPS) is 16.6. The van der Waals surface area contributed by atoms with Gasteiger partial charge >= 0.3 is 0 Å². The molecule has 0 aliphatic carbocycles. The molecule has 7 nitrogen and oxygen atoms in total. The lowest BCUT2D eigenvalue weighted by Crippen LogP contribution is -2.20. The van der Waals surface area contributed by atoms with E-state index in [4.69, 9.17) is 9.47 Å². The zero-order chi connectivity index (χ0) is 16.7. The molecule has 2 aromatic carbocycles. The fourth-order valence-corrected chi connectivity index (χ4v) is 2.55. The van der Waals surface area contributed by atoms with Gasteiger partial charge in [-0.3, -0.25) is 4.79 Å². The average molecular weight is 318 g/mol. The van der Waals surface area contributed by atoms with Gasteiger partial charge in [-0.2, -0.15) is 0 Å². The van der Waals surface area contributed by atoms with Crippen molar-refractivity contribution in [2.24, 2.45) is 0 Å². The molecule has 0 radical (unpaired) electrons. The second-order valence-electron chi connectivity index (χ2n) is 5.13. The fourth-order valence-electron chi connectivity index (χ4n) is 2.55. The van der Waals surface area contributed by atoms with E-state index in [1.54, 1.807) is 6.07 Å². The molecule has 7 heteroatoms. The quantitative estimate of drug-likeness (QED) is 0.495. The summed E-state index contributed by atoms with van der Waals surface area (Å²) in [6.07, 6.45) is -0.866. The summed E-state index contributed by atoms with van der Waals surface area (Å²) in [5.74, 6) is -2.24. The van der Waals surface area contributed by atoms with Gasteiger partial charge in [0.05, 0.1) is 13.5 Å². The first-order chi connectivity index (χ1) is 10.9. The third-order valence-electron chi connectivity index (χ3n) is 3.70. The number of benzene rings is 2. The zero-order valence-corrected chi connectivity index (χ0v) is 12.1. The number of methoxy groups -OCH3 is 1. The van der Waals surface area contributed by atoms with Crippen molar-refractivity contribution in [1.29, 1.82) is 0 Å². The van der Waals surface area contributed by atoms with Crippen molar-refractivity contribution in [1.82, 2.24) is 0 Å². The van der Waals surface area contributed by atoms with Gasteiger partial charge in [0.15, 0.2) is 28.8 Å². The van der Waals surface area contributed by atoms with Crippen LogP contribution in [0.4, 0.5) is 0 Å². The Balaban J connectivity index is 2.04. The predicted octanol–water partition coefficient (Wildman–Crippen LogP) is 2.22. The Labute approximate surface area is 131 Å². The molecule has 0 saturated heterocycles. The maximum atomic E-state index is 12.2. The van der Waals surface area contributed by atoms with Crippen LogP contribution in [0.15, 0.2) is 24.3 Å². The molecule has 0 spiro atoms. The number of ketones is 1. The fraction of sp³-hybridized carbons (Fsp3) is 0.188. The number of carbonyl (C=O) groups excluding carboxylic acids is 1. The van der Waals surface area contributed by atoms with Crippen molar-refractivity contribution in [3.63, 3.8) is 0 Å². The largest absolute Gasteiger partial charge is 0.507 e. The first-order valence-electron chi connectivity index (χ1n) is 6.77. The minimum atomic E-state index is -0.779. The van der Waals surface area contributed by atoms with E-state index in [0.29, 0.717) is 5.56 Å². The molecule has 1 heterocycles. The van der Waals surface area contributed by atoms with Crippen LogP contribution in [0.1, 0.15) is 28.4 Å². The van der Waals surface area contributed by atoms with Crippen LogP contribution in [0.3, 0.4) is 0 Å². The van der Waals surface area contributed by atoms with E-state index in [1.807, 2.05) is 0 Å². The summed E-state index contributed by atoms with van der Waals surface area (Å²) in [6.45, 7) is 0. The summed E-state index contributed by atoms with van der Waals surface area (Å²) >= 11 is 0. The topological polar surface area (TPSA) is 116 Å². The van der Waals surface area contributed by atoms with Crippen molar-refractivity contribution in [3.05, 3.63) is 35.4 Å². The predicted molar refractivity (Wildman–Crippen MR) is 78.4 cm³/mol. The lowest BCUT2D eigenvalue weighted by molar-refractivity contribution is 0.0836. The van der Waals surface area contributed by atoms with Gasteiger partial charge in [0.2, 0.25) is 5.75 Å². The van der Waals surface area contributed by atoms with Gasteiger partial charge in [0, 0.05) is 6.07 Å². The minimum absolute atomic E-state index is 0.0868. The summed E-state index contributed by atoms with van der Waals surface area (Å²) in [5, 5.41) is 39.0. The molecule has 0 aromatic heterocycles. The molecule has 4 N–H and O–H groups in total. The number of phenolic OH excluding ortho intramolecular Hbond substituents is 4. The Morgan fingerprint density at radius 3 is 2.48 bits per heavy atom. The van der Waals surface area contributed by atoms with Gasteiger partial charge in [-0.05, 0) is 17.7 Å². The summed E-state index contributed by atoms with van der Waals surface area (Å²) in [4.78, 5) is 12.2. The van der Waals surface area contributed by atoms with E-state index >= 15 is 0 Å². The van der Waals surface area contributed by atoms with Crippen LogP contribution < -0.4 is 9.47 Å². The molecule has 0 bridgehead atoms. The number of hydrogen-bond acceptors (Lipinski definition) is 7. The van der Waals surface area contributed by atoms with Crippen LogP contribution in [0.5, 0.6) is 34.5 Å². The molecule has 1 atom stereocenters. The van der Waals surface area contributed by atoms with E-state index in [9.17, 15) is 25.2 Å². The van der Waals surface area contributed by atoms with Crippen molar-refractivity contribution < 1.29 is 34.7 Å². The van der Waals surface area contributed by atoms with Crippen molar-refractivity contribution >= 4 is 5.78 Å². The second-order valence-corrected chi connectivity index (χ2v) is 5.13. The maximum absolute atomic E-state index is 12.2. The number of phenols is 4. The summed E-state index contributed by atoms with van der Waals surface area (Å²) < 4.78 is 10.5. The smallest absolute Gasteiger partial charge is 0.201 e. The van der Waals surface area contributed by atoms with Gasteiger partial charge in [-0.1, -0.05) is 6.07 Å². The number of rotatable bonds is 2. The molecule has 120 valence electrons. The highest BCUT2D eigenvalue weighted by molar-refractivity contribution is 6.03. The van der Waals surface area contributed by atoms with E-state index in [-0.39, 0.29) is 29.2 Å². The molecular formula is C16H14O7. The Morgan fingerprint density at radius 2 is 1.83 bits per heavy atom. The molecule has 0 unspecified atom stereocenters. The van der Waals surface area contributed by atoms with Crippen molar-refractivity contribution in [2.75, 3.05) is 7.11 Å². The Kier molecular flexibility index (Phi) is 3.40.